The zero-order valence-corrected chi connectivity index (χ0v) is 17.4. The van der Waals surface area contributed by atoms with Crippen LogP contribution in [0.5, 0.6) is 23.0 Å². The maximum Gasteiger partial charge on any atom is 0.201 e. The Hall–Kier alpha value is -3.80. The van der Waals surface area contributed by atoms with Gasteiger partial charge in [-0.2, -0.15) is 0 Å². The Kier molecular flexibility index (Phi) is 5.15. The number of rotatable bonds is 5. The number of phenols is 2. The topological polar surface area (TPSA) is 93.1 Å². The molecule has 0 heterocycles. The fraction of sp³-hybridized carbons (Fsp3) is 0.200. The van der Waals surface area contributed by atoms with Gasteiger partial charge in [0.2, 0.25) is 5.78 Å². The number of carbonyl (C=O) groups is 2. The molecular weight excluding hydrogens is 396 g/mol. The SMILES string of the molecule is CCC(=O)C1c2cccc(O)c2C(=O)c2c(O)cc(-c3ccc(OC)c(OC)c3)cc21. The molecule has 0 bridgehead atoms. The molecule has 2 N–H and O–H groups in total. The van der Waals surface area contributed by atoms with Crippen molar-refractivity contribution in [3.8, 4) is 34.1 Å². The Balaban J connectivity index is 1.96. The van der Waals surface area contributed by atoms with Gasteiger partial charge >= 0.3 is 0 Å². The maximum absolute atomic E-state index is 13.2. The molecule has 1 atom stereocenters. The van der Waals surface area contributed by atoms with Crippen molar-refractivity contribution >= 4 is 11.6 Å². The van der Waals surface area contributed by atoms with E-state index in [0.29, 0.717) is 28.2 Å². The molecule has 3 aromatic rings. The minimum atomic E-state index is -0.759. The quantitative estimate of drug-likeness (QED) is 0.636. The first-order valence-corrected chi connectivity index (χ1v) is 9.89. The van der Waals surface area contributed by atoms with Gasteiger partial charge < -0.3 is 19.7 Å². The number of fused-ring (bicyclic) bond motifs is 2. The van der Waals surface area contributed by atoms with E-state index in [9.17, 15) is 19.8 Å². The van der Waals surface area contributed by atoms with Crippen molar-refractivity contribution in [2.24, 2.45) is 0 Å². The molecule has 0 amide bonds. The molecule has 0 spiro atoms. The summed E-state index contributed by atoms with van der Waals surface area (Å²) < 4.78 is 10.7. The number of aromatic hydroxyl groups is 2. The molecule has 0 saturated carbocycles. The van der Waals surface area contributed by atoms with Crippen LogP contribution in [0.4, 0.5) is 0 Å². The lowest BCUT2D eigenvalue weighted by atomic mass is 9.73. The van der Waals surface area contributed by atoms with E-state index in [1.54, 1.807) is 44.4 Å². The van der Waals surface area contributed by atoms with Gasteiger partial charge in [0.25, 0.3) is 0 Å². The molecular formula is C25H22O6. The summed E-state index contributed by atoms with van der Waals surface area (Å²) in [5.74, 6) is -0.729. The van der Waals surface area contributed by atoms with Crippen LogP contribution in [0.3, 0.4) is 0 Å². The Morgan fingerprint density at radius 1 is 0.871 bits per heavy atom. The first-order valence-electron chi connectivity index (χ1n) is 9.89. The predicted octanol–water partition coefficient (Wildman–Crippen LogP) is 4.44. The monoisotopic (exact) mass is 418 g/mol. The van der Waals surface area contributed by atoms with Crippen LogP contribution in [0.2, 0.25) is 0 Å². The summed E-state index contributed by atoms with van der Waals surface area (Å²) in [6.45, 7) is 1.75. The summed E-state index contributed by atoms with van der Waals surface area (Å²) in [6, 6.07) is 13.2. The number of Topliss-reactive ketones (excluding diaryl/α,β-unsaturated/α-hetero) is 1. The van der Waals surface area contributed by atoms with Crippen molar-refractivity contribution in [2.75, 3.05) is 14.2 Å². The molecule has 6 nitrogen and oxygen atoms in total. The number of hydrogen-bond acceptors (Lipinski definition) is 6. The number of phenolic OH excluding ortho intramolecular Hbond substituents is 2. The van der Waals surface area contributed by atoms with Crippen LogP contribution in [-0.2, 0) is 4.79 Å². The van der Waals surface area contributed by atoms with E-state index in [-0.39, 0.29) is 34.8 Å². The molecule has 0 fully saturated rings. The number of methoxy groups -OCH3 is 2. The summed E-state index contributed by atoms with van der Waals surface area (Å²) in [4.78, 5) is 26.1. The Morgan fingerprint density at radius 2 is 1.58 bits per heavy atom. The molecule has 0 saturated heterocycles. The first kappa shape index (κ1) is 20.5. The summed E-state index contributed by atoms with van der Waals surface area (Å²) >= 11 is 0. The third kappa shape index (κ3) is 3.20. The molecule has 4 rings (SSSR count). The fourth-order valence-electron chi connectivity index (χ4n) is 4.20. The van der Waals surface area contributed by atoms with Crippen LogP contribution in [0, 0.1) is 0 Å². The molecule has 6 heteroatoms. The predicted molar refractivity (Wildman–Crippen MR) is 115 cm³/mol. The molecule has 0 radical (unpaired) electrons. The van der Waals surface area contributed by atoms with Gasteiger partial charge in [-0.05, 0) is 52.6 Å². The van der Waals surface area contributed by atoms with Crippen molar-refractivity contribution in [1.82, 2.24) is 0 Å². The van der Waals surface area contributed by atoms with Gasteiger partial charge in [0.05, 0.1) is 31.3 Å². The highest BCUT2D eigenvalue weighted by Crippen LogP contribution is 2.46. The van der Waals surface area contributed by atoms with Gasteiger partial charge in [-0.1, -0.05) is 25.1 Å². The Morgan fingerprint density at radius 3 is 2.26 bits per heavy atom. The highest BCUT2D eigenvalue weighted by molar-refractivity contribution is 6.18. The minimum absolute atomic E-state index is 0.0463. The molecule has 158 valence electrons. The van der Waals surface area contributed by atoms with E-state index in [0.717, 1.165) is 5.56 Å². The van der Waals surface area contributed by atoms with E-state index in [2.05, 4.69) is 0 Å². The van der Waals surface area contributed by atoms with Crippen LogP contribution in [-0.4, -0.2) is 36.0 Å². The normalized spacial score (nSPS) is 14.5. The second-order valence-corrected chi connectivity index (χ2v) is 7.35. The van der Waals surface area contributed by atoms with E-state index in [1.807, 2.05) is 6.07 Å². The minimum Gasteiger partial charge on any atom is -0.507 e. The summed E-state index contributed by atoms with van der Waals surface area (Å²) in [7, 11) is 3.08. The van der Waals surface area contributed by atoms with E-state index < -0.39 is 11.7 Å². The maximum atomic E-state index is 13.2. The summed E-state index contributed by atoms with van der Waals surface area (Å²) in [5.41, 5.74) is 2.35. The number of benzene rings is 3. The highest BCUT2D eigenvalue weighted by atomic mass is 16.5. The average Bonchev–Trinajstić information content (AvgIpc) is 2.77. The van der Waals surface area contributed by atoms with Crippen LogP contribution >= 0.6 is 0 Å². The number of ketones is 2. The highest BCUT2D eigenvalue weighted by Gasteiger charge is 2.38. The average molecular weight is 418 g/mol. The second-order valence-electron chi connectivity index (χ2n) is 7.35. The van der Waals surface area contributed by atoms with Crippen LogP contribution in [0.25, 0.3) is 11.1 Å². The second kappa shape index (κ2) is 7.80. The Labute approximate surface area is 179 Å². The zero-order chi connectivity index (χ0) is 22.3. The number of carbonyl (C=O) groups excluding carboxylic acids is 2. The molecule has 0 aromatic heterocycles. The largest absolute Gasteiger partial charge is 0.507 e. The molecule has 1 aliphatic carbocycles. The summed E-state index contributed by atoms with van der Waals surface area (Å²) in [6.07, 6.45) is 0.245. The molecule has 1 aliphatic rings. The van der Waals surface area contributed by atoms with Crippen LogP contribution in [0.15, 0.2) is 48.5 Å². The van der Waals surface area contributed by atoms with Crippen molar-refractivity contribution < 1.29 is 29.3 Å². The fourth-order valence-corrected chi connectivity index (χ4v) is 4.20. The van der Waals surface area contributed by atoms with Crippen LogP contribution in [0.1, 0.15) is 46.3 Å². The summed E-state index contributed by atoms with van der Waals surface area (Å²) in [5, 5.41) is 21.1. The smallest absolute Gasteiger partial charge is 0.201 e. The van der Waals surface area contributed by atoms with E-state index >= 15 is 0 Å². The molecule has 3 aromatic carbocycles. The number of ether oxygens (including phenoxy) is 2. The lowest BCUT2D eigenvalue weighted by Crippen LogP contribution is -2.25. The van der Waals surface area contributed by atoms with Gasteiger partial charge in [-0.15, -0.1) is 0 Å². The van der Waals surface area contributed by atoms with Gasteiger partial charge in [-0.3, -0.25) is 9.59 Å². The van der Waals surface area contributed by atoms with Crippen molar-refractivity contribution in [1.29, 1.82) is 0 Å². The van der Waals surface area contributed by atoms with Crippen molar-refractivity contribution in [2.45, 2.75) is 19.3 Å². The molecule has 1 unspecified atom stereocenters. The lowest BCUT2D eigenvalue weighted by Gasteiger charge is -2.28. The van der Waals surface area contributed by atoms with Gasteiger partial charge in [0, 0.05) is 6.42 Å². The zero-order valence-electron chi connectivity index (χ0n) is 17.4. The van der Waals surface area contributed by atoms with Gasteiger partial charge in [0.1, 0.15) is 17.3 Å². The standard InChI is InChI=1S/C25H22O6/c1-4-17(26)22-15-6-5-7-18(27)23(15)25(29)24-16(22)10-14(11-19(24)28)13-8-9-20(30-2)21(12-13)31-3/h5-12,22,27-28H,4H2,1-3H3. The lowest BCUT2D eigenvalue weighted by molar-refractivity contribution is -0.119. The van der Waals surface area contributed by atoms with Crippen LogP contribution < -0.4 is 9.47 Å². The van der Waals surface area contributed by atoms with E-state index in [1.165, 1.54) is 19.2 Å². The van der Waals surface area contributed by atoms with E-state index in [4.69, 9.17) is 9.47 Å². The molecule has 31 heavy (non-hydrogen) atoms. The number of hydrogen-bond donors (Lipinski definition) is 2. The third-order valence-corrected chi connectivity index (χ3v) is 5.69. The first-order chi connectivity index (χ1) is 14.9. The van der Waals surface area contributed by atoms with Crippen molar-refractivity contribution in [3.05, 3.63) is 70.8 Å². The van der Waals surface area contributed by atoms with Gasteiger partial charge in [-0.25, -0.2) is 0 Å². The molecule has 0 aliphatic heterocycles. The Bertz CT molecular complexity index is 1210. The van der Waals surface area contributed by atoms with Crippen molar-refractivity contribution in [3.63, 3.8) is 0 Å². The third-order valence-electron chi connectivity index (χ3n) is 5.69. The van der Waals surface area contributed by atoms with Gasteiger partial charge in [0.15, 0.2) is 11.5 Å².